The summed E-state index contributed by atoms with van der Waals surface area (Å²) >= 11 is 0. The number of hydrogen-bond acceptors (Lipinski definition) is 1. The van der Waals surface area contributed by atoms with Gasteiger partial charge in [0.05, 0.1) is 0 Å². The molecular weight excluding hydrogens is 232 g/mol. The van der Waals surface area contributed by atoms with Crippen molar-refractivity contribution in [2.45, 2.75) is 32.1 Å². The van der Waals surface area contributed by atoms with Crippen LogP contribution in [0.3, 0.4) is 0 Å². The Bertz CT molecular complexity index is 343. The lowest BCUT2D eigenvalue weighted by molar-refractivity contribution is 0.575. The lowest BCUT2D eigenvalue weighted by Crippen LogP contribution is -2.18. The molecule has 0 saturated heterocycles. The molecule has 0 unspecified atom stereocenters. The molecule has 0 heterocycles. The summed E-state index contributed by atoms with van der Waals surface area (Å²) in [4.78, 5) is 0. The minimum Gasteiger partial charge on any atom is -0.316 e. The molecular formula is C15H21F2N. The highest BCUT2D eigenvalue weighted by molar-refractivity contribution is 5.18. The van der Waals surface area contributed by atoms with Gasteiger partial charge in [-0.25, -0.2) is 8.78 Å². The number of allylic oxidation sites excluding steroid dienone is 1. The molecule has 0 bridgehead atoms. The van der Waals surface area contributed by atoms with Gasteiger partial charge in [0.1, 0.15) is 11.6 Å². The number of nitrogens with one attached hydrogen (secondary N) is 1. The van der Waals surface area contributed by atoms with Crippen molar-refractivity contribution < 1.29 is 8.78 Å². The minimum absolute atomic E-state index is 0.505. The molecule has 0 fully saturated rings. The van der Waals surface area contributed by atoms with Gasteiger partial charge in [-0.3, -0.25) is 0 Å². The normalized spacial score (nSPS) is 10.6. The highest BCUT2D eigenvalue weighted by Gasteiger charge is 2.00. The lowest BCUT2D eigenvalue weighted by Gasteiger charge is -2.05. The van der Waals surface area contributed by atoms with Gasteiger partial charge in [0, 0.05) is 6.07 Å². The smallest absolute Gasteiger partial charge is 0.126 e. The van der Waals surface area contributed by atoms with Crippen molar-refractivity contribution in [3.63, 3.8) is 0 Å². The second-order valence-electron chi connectivity index (χ2n) is 4.42. The summed E-state index contributed by atoms with van der Waals surface area (Å²) in [6.45, 7) is 5.39. The van der Waals surface area contributed by atoms with Crippen LogP contribution < -0.4 is 5.32 Å². The van der Waals surface area contributed by atoms with E-state index in [0.717, 1.165) is 32.0 Å². The fourth-order valence-electron chi connectivity index (χ4n) is 1.83. The lowest BCUT2D eigenvalue weighted by atomic mass is 10.1. The van der Waals surface area contributed by atoms with Gasteiger partial charge in [-0.05, 0) is 56.5 Å². The number of hydrogen-bond donors (Lipinski definition) is 1. The molecule has 0 atom stereocenters. The summed E-state index contributed by atoms with van der Waals surface area (Å²) < 4.78 is 25.8. The van der Waals surface area contributed by atoms with E-state index in [4.69, 9.17) is 0 Å². The largest absolute Gasteiger partial charge is 0.316 e. The molecule has 0 aliphatic heterocycles. The first-order valence-corrected chi connectivity index (χ1v) is 6.49. The maximum absolute atomic E-state index is 12.9. The van der Waals surface area contributed by atoms with E-state index >= 15 is 0 Å². The summed E-state index contributed by atoms with van der Waals surface area (Å²) in [5.41, 5.74) is 0.701. The summed E-state index contributed by atoms with van der Waals surface area (Å²) in [7, 11) is 0. The first kappa shape index (κ1) is 14.8. The maximum atomic E-state index is 12.9. The molecule has 18 heavy (non-hydrogen) atoms. The van der Waals surface area contributed by atoms with Gasteiger partial charge in [-0.15, -0.1) is 6.58 Å². The minimum atomic E-state index is -0.505. The highest BCUT2D eigenvalue weighted by atomic mass is 19.1. The van der Waals surface area contributed by atoms with Crippen LogP contribution >= 0.6 is 0 Å². The molecule has 0 amide bonds. The first-order valence-electron chi connectivity index (χ1n) is 6.49. The predicted octanol–water partition coefficient (Wildman–Crippen LogP) is 3.84. The zero-order chi connectivity index (χ0) is 13.2. The molecule has 1 rings (SSSR count). The standard InChI is InChI=1S/C15H21F2N/c1-2-3-4-5-6-8-18-9-7-13-10-14(16)12-15(17)11-13/h2,10-12,18H,1,3-9H2. The average Bonchev–Trinajstić information content (AvgIpc) is 2.31. The van der Waals surface area contributed by atoms with Crippen LogP contribution in [0.15, 0.2) is 30.9 Å². The molecule has 3 heteroatoms. The average molecular weight is 253 g/mol. The Balaban J connectivity index is 2.08. The molecule has 1 N–H and O–H groups in total. The van der Waals surface area contributed by atoms with Crippen LogP contribution in [0, 0.1) is 11.6 Å². The van der Waals surface area contributed by atoms with Crippen molar-refractivity contribution >= 4 is 0 Å². The summed E-state index contributed by atoms with van der Waals surface area (Å²) in [5, 5.41) is 3.28. The number of unbranched alkanes of at least 4 members (excludes halogenated alkanes) is 3. The van der Waals surface area contributed by atoms with Gasteiger partial charge in [0.15, 0.2) is 0 Å². The fourth-order valence-corrected chi connectivity index (χ4v) is 1.83. The van der Waals surface area contributed by atoms with Crippen LogP contribution in [0.5, 0.6) is 0 Å². The molecule has 1 aromatic rings. The van der Waals surface area contributed by atoms with E-state index in [0.29, 0.717) is 12.0 Å². The molecule has 0 aliphatic rings. The van der Waals surface area contributed by atoms with Crippen LogP contribution in [0.4, 0.5) is 8.78 Å². The van der Waals surface area contributed by atoms with E-state index in [9.17, 15) is 8.78 Å². The number of rotatable bonds is 9. The Morgan fingerprint density at radius 2 is 1.72 bits per heavy atom. The van der Waals surface area contributed by atoms with Crippen molar-refractivity contribution in [2.75, 3.05) is 13.1 Å². The second kappa shape index (κ2) is 8.81. The van der Waals surface area contributed by atoms with Crippen LogP contribution in [0.1, 0.15) is 31.2 Å². The Morgan fingerprint density at radius 3 is 2.39 bits per heavy atom. The summed E-state index contributed by atoms with van der Waals surface area (Å²) in [6, 6.07) is 3.67. The van der Waals surface area contributed by atoms with Gasteiger partial charge in [-0.1, -0.05) is 12.5 Å². The van der Waals surface area contributed by atoms with E-state index in [1.165, 1.54) is 25.0 Å². The quantitative estimate of drug-likeness (QED) is 0.521. The monoisotopic (exact) mass is 253 g/mol. The summed E-state index contributed by atoms with van der Waals surface area (Å²) in [6.07, 6.45) is 7.16. The molecule has 1 nitrogen and oxygen atoms in total. The Kier molecular flexibility index (Phi) is 7.26. The van der Waals surface area contributed by atoms with E-state index in [2.05, 4.69) is 11.9 Å². The van der Waals surface area contributed by atoms with E-state index < -0.39 is 11.6 Å². The predicted molar refractivity (Wildman–Crippen MR) is 71.6 cm³/mol. The molecule has 0 aromatic heterocycles. The zero-order valence-electron chi connectivity index (χ0n) is 10.7. The summed E-state index contributed by atoms with van der Waals surface area (Å²) in [5.74, 6) is -1.01. The Labute approximate surface area is 108 Å². The SMILES string of the molecule is C=CCCCCCNCCc1cc(F)cc(F)c1. The Morgan fingerprint density at radius 1 is 1.00 bits per heavy atom. The topological polar surface area (TPSA) is 12.0 Å². The van der Waals surface area contributed by atoms with Crippen molar-refractivity contribution in [2.24, 2.45) is 0 Å². The second-order valence-corrected chi connectivity index (χ2v) is 4.42. The van der Waals surface area contributed by atoms with E-state index in [1.54, 1.807) is 0 Å². The van der Waals surface area contributed by atoms with Gasteiger partial charge in [0.25, 0.3) is 0 Å². The first-order chi connectivity index (χ1) is 8.72. The van der Waals surface area contributed by atoms with Crippen LogP contribution in [-0.2, 0) is 6.42 Å². The molecule has 0 spiro atoms. The third kappa shape index (κ3) is 6.50. The highest BCUT2D eigenvalue weighted by Crippen LogP contribution is 2.08. The third-order valence-corrected chi connectivity index (χ3v) is 2.77. The third-order valence-electron chi connectivity index (χ3n) is 2.77. The molecule has 1 aromatic carbocycles. The van der Waals surface area contributed by atoms with Crippen molar-refractivity contribution in [3.05, 3.63) is 48.1 Å². The maximum Gasteiger partial charge on any atom is 0.126 e. The van der Waals surface area contributed by atoms with Crippen molar-refractivity contribution in [3.8, 4) is 0 Å². The van der Waals surface area contributed by atoms with Gasteiger partial charge in [-0.2, -0.15) is 0 Å². The van der Waals surface area contributed by atoms with Crippen molar-refractivity contribution in [1.29, 1.82) is 0 Å². The molecule has 0 aliphatic carbocycles. The fraction of sp³-hybridized carbons (Fsp3) is 0.467. The van der Waals surface area contributed by atoms with Gasteiger partial charge in [0.2, 0.25) is 0 Å². The van der Waals surface area contributed by atoms with Gasteiger partial charge >= 0.3 is 0 Å². The molecule has 0 radical (unpaired) electrons. The zero-order valence-corrected chi connectivity index (χ0v) is 10.7. The van der Waals surface area contributed by atoms with Gasteiger partial charge < -0.3 is 5.32 Å². The number of benzene rings is 1. The van der Waals surface area contributed by atoms with Crippen LogP contribution in [0.25, 0.3) is 0 Å². The van der Waals surface area contributed by atoms with E-state index in [1.807, 2.05) is 6.08 Å². The van der Waals surface area contributed by atoms with Crippen LogP contribution in [-0.4, -0.2) is 13.1 Å². The van der Waals surface area contributed by atoms with Crippen molar-refractivity contribution in [1.82, 2.24) is 5.32 Å². The number of halogens is 2. The molecule has 0 saturated carbocycles. The Hall–Kier alpha value is -1.22. The van der Waals surface area contributed by atoms with Crippen LogP contribution in [0.2, 0.25) is 0 Å². The van der Waals surface area contributed by atoms with E-state index in [-0.39, 0.29) is 0 Å². The molecule has 100 valence electrons.